The summed E-state index contributed by atoms with van der Waals surface area (Å²) in [5.41, 5.74) is 4.18. The van der Waals surface area contributed by atoms with Gasteiger partial charge in [0.05, 0.1) is 11.2 Å². The molecule has 3 nitrogen and oxygen atoms in total. The second-order valence-corrected chi connectivity index (χ2v) is 4.29. The number of hydrogen-bond donors (Lipinski definition) is 2. The Balaban J connectivity index is 1.70. The second-order valence-electron chi connectivity index (χ2n) is 3.57. The van der Waals surface area contributed by atoms with Crippen LogP contribution in [0.1, 0.15) is 11.3 Å². The first kappa shape index (κ1) is 11.1. The molecule has 0 atom stereocenters. The second kappa shape index (κ2) is 5.63. The number of rotatable bonds is 5. The molecule has 2 N–H and O–H groups in total. The van der Waals surface area contributed by atoms with E-state index in [4.69, 9.17) is 5.11 Å². The van der Waals surface area contributed by atoms with Gasteiger partial charge in [-0.1, -0.05) is 12.1 Å². The van der Waals surface area contributed by atoms with E-state index >= 15 is 0 Å². The molecule has 0 spiro atoms. The van der Waals surface area contributed by atoms with E-state index in [1.165, 1.54) is 5.56 Å². The molecule has 0 fully saturated rings. The van der Waals surface area contributed by atoms with E-state index in [1.54, 1.807) is 23.5 Å². The van der Waals surface area contributed by atoms with E-state index in [0.29, 0.717) is 5.75 Å². The molecular weight excluding hydrogens is 220 g/mol. The van der Waals surface area contributed by atoms with Gasteiger partial charge < -0.3 is 10.4 Å². The third kappa shape index (κ3) is 3.32. The monoisotopic (exact) mass is 234 g/mol. The van der Waals surface area contributed by atoms with Gasteiger partial charge >= 0.3 is 0 Å². The number of aromatic hydroxyl groups is 1. The van der Waals surface area contributed by atoms with E-state index in [1.807, 2.05) is 17.6 Å². The maximum atomic E-state index is 9.13. The van der Waals surface area contributed by atoms with Crippen LogP contribution in [0.15, 0.2) is 35.2 Å². The highest BCUT2D eigenvalue weighted by atomic mass is 32.1. The molecule has 0 unspecified atom stereocenters. The average Bonchev–Trinajstić information content (AvgIpc) is 2.80. The number of hydrogen-bond acceptors (Lipinski definition) is 4. The van der Waals surface area contributed by atoms with E-state index in [0.717, 1.165) is 25.2 Å². The first-order valence-corrected chi connectivity index (χ1v) is 6.14. The first-order chi connectivity index (χ1) is 7.84. The highest BCUT2D eigenvalue weighted by Crippen LogP contribution is 2.09. The van der Waals surface area contributed by atoms with Crippen molar-refractivity contribution in [3.63, 3.8) is 0 Å². The van der Waals surface area contributed by atoms with Crippen LogP contribution in [0.4, 0.5) is 0 Å². The zero-order valence-corrected chi connectivity index (χ0v) is 9.70. The molecule has 0 amide bonds. The predicted molar refractivity (Wildman–Crippen MR) is 65.6 cm³/mol. The minimum atomic E-state index is 0.311. The largest absolute Gasteiger partial charge is 0.508 e. The number of phenolic OH excluding ortho intramolecular Hbond substituents is 1. The lowest BCUT2D eigenvalue weighted by molar-refractivity contribution is 0.475. The van der Waals surface area contributed by atoms with Crippen molar-refractivity contribution in [1.82, 2.24) is 10.3 Å². The number of phenols is 1. The van der Waals surface area contributed by atoms with Gasteiger partial charge in [0.15, 0.2) is 0 Å². The summed E-state index contributed by atoms with van der Waals surface area (Å²) < 4.78 is 0. The van der Waals surface area contributed by atoms with Crippen LogP contribution in [-0.2, 0) is 13.0 Å². The molecule has 0 aliphatic rings. The molecule has 2 rings (SSSR count). The average molecular weight is 234 g/mol. The highest BCUT2D eigenvalue weighted by molar-refractivity contribution is 7.07. The number of nitrogens with one attached hydrogen (secondary N) is 1. The smallest absolute Gasteiger partial charge is 0.115 e. The van der Waals surface area contributed by atoms with Crippen LogP contribution in [-0.4, -0.2) is 16.6 Å². The molecule has 1 aromatic heterocycles. The fraction of sp³-hybridized carbons (Fsp3) is 0.250. The molecule has 0 aliphatic carbocycles. The van der Waals surface area contributed by atoms with Crippen molar-refractivity contribution in [2.75, 3.05) is 6.54 Å². The number of thiazole rings is 1. The molecule has 16 heavy (non-hydrogen) atoms. The zero-order chi connectivity index (χ0) is 11.2. The summed E-state index contributed by atoms with van der Waals surface area (Å²) in [5, 5.41) is 14.5. The molecule has 0 aliphatic heterocycles. The van der Waals surface area contributed by atoms with Gasteiger partial charge in [-0.15, -0.1) is 11.3 Å². The third-order valence-electron chi connectivity index (χ3n) is 2.31. The SMILES string of the molecule is Oc1ccc(CNCCc2cscn2)cc1. The standard InChI is InChI=1S/C12H14N2OS/c15-12-3-1-10(2-4-12)7-13-6-5-11-8-16-9-14-11/h1-4,8-9,13,15H,5-7H2. The Morgan fingerprint density at radius 3 is 2.75 bits per heavy atom. The highest BCUT2D eigenvalue weighted by Gasteiger charge is 1.95. The number of benzene rings is 1. The van der Waals surface area contributed by atoms with E-state index in [9.17, 15) is 0 Å². The predicted octanol–water partition coefficient (Wildman–Crippen LogP) is 2.18. The van der Waals surface area contributed by atoms with Crippen LogP contribution < -0.4 is 5.32 Å². The van der Waals surface area contributed by atoms with Crippen LogP contribution >= 0.6 is 11.3 Å². The van der Waals surface area contributed by atoms with Crippen LogP contribution in [0.5, 0.6) is 5.75 Å². The van der Waals surface area contributed by atoms with Crippen molar-refractivity contribution in [1.29, 1.82) is 0 Å². The summed E-state index contributed by atoms with van der Waals surface area (Å²) in [7, 11) is 0. The van der Waals surface area contributed by atoms with Gasteiger partial charge in [-0.2, -0.15) is 0 Å². The number of nitrogens with zero attached hydrogens (tertiary/aromatic N) is 1. The molecule has 4 heteroatoms. The van der Waals surface area contributed by atoms with Gasteiger partial charge in [-0.05, 0) is 17.7 Å². The van der Waals surface area contributed by atoms with Gasteiger partial charge in [0.1, 0.15) is 5.75 Å². The Morgan fingerprint density at radius 1 is 1.25 bits per heavy atom. The normalized spacial score (nSPS) is 10.5. The molecular formula is C12H14N2OS. The Kier molecular flexibility index (Phi) is 3.91. The van der Waals surface area contributed by atoms with Crippen LogP contribution in [0.25, 0.3) is 0 Å². The van der Waals surface area contributed by atoms with Crippen molar-refractivity contribution >= 4 is 11.3 Å². The van der Waals surface area contributed by atoms with Crippen LogP contribution in [0.3, 0.4) is 0 Å². The molecule has 1 heterocycles. The van der Waals surface area contributed by atoms with Gasteiger partial charge in [0.2, 0.25) is 0 Å². The van der Waals surface area contributed by atoms with Gasteiger partial charge in [-0.25, -0.2) is 4.98 Å². The molecule has 0 saturated carbocycles. The summed E-state index contributed by atoms with van der Waals surface area (Å²) in [5.74, 6) is 0.311. The summed E-state index contributed by atoms with van der Waals surface area (Å²) in [6, 6.07) is 7.26. The minimum Gasteiger partial charge on any atom is -0.508 e. The molecule has 0 radical (unpaired) electrons. The quantitative estimate of drug-likeness (QED) is 0.779. The molecule has 0 saturated heterocycles. The summed E-state index contributed by atoms with van der Waals surface area (Å²) >= 11 is 1.63. The first-order valence-electron chi connectivity index (χ1n) is 5.20. The minimum absolute atomic E-state index is 0.311. The third-order valence-corrected chi connectivity index (χ3v) is 2.94. The summed E-state index contributed by atoms with van der Waals surface area (Å²) in [6.45, 7) is 1.75. The molecule has 1 aromatic carbocycles. The lowest BCUT2D eigenvalue weighted by Crippen LogP contribution is -2.16. The van der Waals surface area contributed by atoms with E-state index in [-0.39, 0.29) is 0 Å². The van der Waals surface area contributed by atoms with Gasteiger partial charge in [-0.3, -0.25) is 0 Å². The lowest BCUT2D eigenvalue weighted by Gasteiger charge is -2.03. The fourth-order valence-electron chi connectivity index (χ4n) is 1.42. The molecule has 0 bridgehead atoms. The fourth-order valence-corrected chi connectivity index (χ4v) is 2.02. The maximum absolute atomic E-state index is 9.13. The topological polar surface area (TPSA) is 45.1 Å². The Morgan fingerprint density at radius 2 is 2.06 bits per heavy atom. The summed E-state index contributed by atoms with van der Waals surface area (Å²) in [4.78, 5) is 4.22. The van der Waals surface area contributed by atoms with E-state index in [2.05, 4.69) is 15.7 Å². The Labute approximate surface area is 98.8 Å². The zero-order valence-electron chi connectivity index (χ0n) is 8.89. The van der Waals surface area contributed by atoms with Crippen molar-refractivity contribution in [2.45, 2.75) is 13.0 Å². The van der Waals surface area contributed by atoms with Crippen molar-refractivity contribution < 1.29 is 5.11 Å². The van der Waals surface area contributed by atoms with Crippen LogP contribution in [0, 0.1) is 0 Å². The molecule has 84 valence electrons. The van der Waals surface area contributed by atoms with E-state index < -0.39 is 0 Å². The van der Waals surface area contributed by atoms with Gasteiger partial charge in [0.25, 0.3) is 0 Å². The lowest BCUT2D eigenvalue weighted by atomic mass is 10.2. The number of aromatic nitrogens is 1. The molecule has 2 aromatic rings. The van der Waals surface area contributed by atoms with Crippen LogP contribution in [0.2, 0.25) is 0 Å². The maximum Gasteiger partial charge on any atom is 0.115 e. The Bertz CT molecular complexity index is 411. The Hall–Kier alpha value is -1.39. The van der Waals surface area contributed by atoms with Gasteiger partial charge in [0, 0.05) is 24.9 Å². The van der Waals surface area contributed by atoms with Crippen molar-refractivity contribution in [2.24, 2.45) is 0 Å². The summed E-state index contributed by atoms with van der Waals surface area (Å²) in [6.07, 6.45) is 0.960. The van der Waals surface area contributed by atoms with Crippen molar-refractivity contribution in [3.05, 3.63) is 46.4 Å². The van der Waals surface area contributed by atoms with Crippen molar-refractivity contribution in [3.8, 4) is 5.75 Å².